The molecule has 87 heavy (non-hydrogen) atoms. The average Bonchev–Trinajstić information content (AvgIpc) is 2.12. The number of ether oxygens (including phenoxy) is 9. The monoisotopic (exact) mass is 1210 g/mol. The smallest absolute Gasteiger partial charge is 0.306 e. The molecule has 1 amide bonds. The fraction of sp³-hybridized carbons (Fsp3) is 0.662. The van der Waals surface area contributed by atoms with Gasteiger partial charge in [0.15, 0.2) is 6.10 Å². The summed E-state index contributed by atoms with van der Waals surface area (Å²) in [5.74, 6) is -0.336. The van der Waals surface area contributed by atoms with Gasteiger partial charge in [-0.05, 0) is 74.5 Å². The SMILES string of the molecule is CCCCCC/C=C\COC(=O)CCCCCCCOCC(OCCCCCCCC(=O)OC/C=C\CCCCCC)C(=O)N(CCCCCCCC)CCOCCOCCOCCOCCOC(c1ccccc1)(c1ccccc1)c1ccccc1. The van der Waals surface area contributed by atoms with Crippen LogP contribution in [0.15, 0.2) is 115 Å². The summed E-state index contributed by atoms with van der Waals surface area (Å²) in [4.78, 5) is 40.8. The van der Waals surface area contributed by atoms with Gasteiger partial charge in [0.2, 0.25) is 0 Å². The molecule has 0 radical (unpaired) electrons. The van der Waals surface area contributed by atoms with E-state index in [1.807, 2.05) is 71.6 Å². The summed E-state index contributed by atoms with van der Waals surface area (Å²) < 4.78 is 53.8. The minimum atomic E-state index is -0.786. The van der Waals surface area contributed by atoms with Gasteiger partial charge in [0.1, 0.15) is 18.8 Å². The maximum Gasteiger partial charge on any atom is 0.306 e. The molecule has 3 aromatic rings. The lowest BCUT2D eigenvalue weighted by Crippen LogP contribution is -2.45. The minimum Gasteiger partial charge on any atom is -0.461 e. The van der Waals surface area contributed by atoms with Gasteiger partial charge in [-0.25, -0.2) is 0 Å². The highest BCUT2D eigenvalue weighted by Gasteiger charge is 2.37. The Labute approximate surface area is 527 Å². The number of nitrogens with zero attached hydrogens (tertiary/aromatic N) is 1. The Morgan fingerprint density at radius 2 is 0.782 bits per heavy atom. The summed E-state index contributed by atoms with van der Waals surface area (Å²) in [7, 11) is 0. The first-order chi connectivity index (χ1) is 43.0. The van der Waals surface area contributed by atoms with Crippen LogP contribution in [0.3, 0.4) is 0 Å². The summed E-state index contributed by atoms with van der Waals surface area (Å²) in [5.41, 5.74) is 2.38. The first kappa shape index (κ1) is 76.5. The number of carbonyl (C=O) groups excluding carboxylic acids is 3. The zero-order chi connectivity index (χ0) is 62.0. The van der Waals surface area contributed by atoms with E-state index in [1.165, 1.54) is 70.6 Å². The summed E-state index contributed by atoms with van der Waals surface area (Å²) in [6.45, 7) is 13.4. The number of carbonyl (C=O) groups is 3. The lowest BCUT2D eigenvalue weighted by molar-refractivity contribution is -0.149. The van der Waals surface area contributed by atoms with Crippen LogP contribution in [0.4, 0.5) is 0 Å². The topological polar surface area (TPSA) is 138 Å². The maximum absolute atomic E-state index is 14.4. The van der Waals surface area contributed by atoms with Crippen LogP contribution in [-0.4, -0.2) is 134 Å². The Morgan fingerprint density at radius 3 is 1.25 bits per heavy atom. The predicted molar refractivity (Wildman–Crippen MR) is 352 cm³/mol. The van der Waals surface area contributed by atoms with Crippen LogP contribution in [0.1, 0.15) is 217 Å². The third-order valence-electron chi connectivity index (χ3n) is 15.3. The van der Waals surface area contributed by atoms with Crippen molar-refractivity contribution in [3.8, 4) is 0 Å². The van der Waals surface area contributed by atoms with Crippen molar-refractivity contribution in [2.24, 2.45) is 0 Å². The number of allylic oxidation sites excluding steroid dienone is 2. The predicted octanol–water partition coefficient (Wildman–Crippen LogP) is 16.5. The van der Waals surface area contributed by atoms with Crippen LogP contribution in [-0.2, 0) is 62.6 Å². The van der Waals surface area contributed by atoms with E-state index in [0.717, 1.165) is 113 Å². The highest BCUT2D eigenvalue weighted by Crippen LogP contribution is 2.40. The van der Waals surface area contributed by atoms with Crippen LogP contribution < -0.4 is 0 Å². The van der Waals surface area contributed by atoms with Gasteiger partial charge in [0, 0.05) is 39.1 Å². The van der Waals surface area contributed by atoms with Gasteiger partial charge < -0.3 is 47.5 Å². The Morgan fingerprint density at radius 1 is 0.391 bits per heavy atom. The molecule has 0 fully saturated rings. The van der Waals surface area contributed by atoms with E-state index < -0.39 is 11.7 Å². The molecule has 0 spiro atoms. The van der Waals surface area contributed by atoms with Crippen molar-refractivity contribution >= 4 is 17.8 Å². The number of hydrogen-bond acceptors (Lipinski definition) is 12. The number of rotatable bonds is 60. The van der Waals surface area contributed by atoms with Crippen molar-refractivity contribution in [1.29, 1.82) is 0 Å². The lowest BCUT2D eigenvalue weighted by atomic mass is 9.80. The van der Waals surface area contributed by atoms with Crippen molar-refractivity contribution in [1.82, 2.24) is 4.90 Å². The first-order valence-electron chi connectivity index (χ1n) is 34.2. The molecular weight excluding hydrogens is 1090 g/mol. The number of esters is 2. The van der Waals surface area contributed by atoms with E-state index in [9.17, 15) is 14.4 Å². The second-order valence-corrected chi connectivity index (χ2v) is 22.6. The molecule has 0 aliphatic carbocycles. The van der Waals surface area contributed by atoms with Crippen molar-refractivity contribution in [2.75, 3.05) is 106 Å². The van der Waals surface area contributed by atoms with E-state index in [4.69, 9.17) is 42.6 Å². The molecule has 0 aromatic heterocycles. The quantitative estimate of drug-likeness (QED) is 0.0230. The van der Waals surface area contributed by atoms with Crippen LogP contribution in [0.2, 0.25) is 0 Å². The molecule has 13 heteroatoms. The molecule has 1 unspecified atom stereocenters. The Hall–Kier alpha value is -4.73. The molecule has 1 atom stereocenters. The lowest BCUT2D eigenvalue weighted by Gasteiger charge is -2.36. The van der Waals surface area contributed by atoms with Crippen molar-refractivity contribution in [2.45, 2.75) is 212 Å². The number of hydrogen-bond donors (Lipinski definition) is 0. The van der Waals surface area contributed by atoms with Gasteiger partial charge in [0.05, 0.1) is 66.1 Å². The van der Waals surface area contributed by atoms with E-state index >= 15 is 0 Å². The summed E-state index contributed by atoms with van der Waals surface area (Å²) in [5, 5.41) is 0. The zero-order valence-corrected chi connectivity index (χ0v) is 54.5. The third-order valence-corrected chi connectivity index (χ3v) is 15.3. The molecule has 0 bridgehead atoms. The molecular formula is C74H117NO12. The highest BCUT2D eigenvalue weighted by atomic mass is 16.6. The van der Waals surface area contributed by atoms with Gasteiger partial charge in [-0.1, -0.05) is 245 Å². The van der Waals surface area contributed by atoms with Gasteiger partial charge in [-0.3, -0.25) is 14.4 Å². The molecule has 3 rings (SSSR count). The summed E-state index contributed by atoms with van der Waals surface area (Å²) in [6, 6.07) is 31.0. The molecule has 490 valence electrons. The third kappa shape index (κ3) is 38.4. The van der Waals surface area contributed by atoms with Crippen molar-refractivity contribution < 1.29 is 57.0 Å². The second kappa shape index (κ2) is 55.3. The molecule has 0 saturated carbocycles. The fourth-order valence-electron chi connectivity index (χ4n) is 10.3. The van der Waals surface area contributed by atoms with Crippen LogP contribution in [0.25, 0.3) is 0 Å². The summed E-state index contributed by atoms with van der Waals surface area (Å²) >= 11 is 0. The fourth-order valence-corrected chi connectivity index (χ4v) is 10.3. The second-order valence-electron chi connectivity index (χ2n) is 22.6. The standard InChI is InChI=1S/C74H117NO12/c1-4-7-10-13-16-24-41-55-85-71(76)49-36-20-18-23-39-53-83-66-70(84-54-40-26-19-21-37-50-72(77)86-56-42-25-17-14-11-8-5-2)73(78)75(51-38-22-15-12-9-6-3)52-57-79-58-59-80-60-61-81-62-63-82-64-65-87-74(67-43-30-27-31-44-67,68-45-32-28-33-46-68)69-47-34-29-35-48-69/h24-25,27-35,41-48,70H,4-23,26,36-40,49-66H2,1-3H3/b41-24-,42-25-. The molecule has 13 nitrogen and oxygen atoms in total. The molecule has 0 aliphatic rings. The van der Waals surface area contributed by atoms with Gasteiger partial charge in [-0.15, -0.1) is 0 Å². The van der Waals surface area contributed by atoms with Gasteiger partial charge in [-0.2, -0.15) is 0 Å². The molecule has 3 aromatic carbocycles. The van der Waals surface area contributed by atoms with E-state index in [-0.39, 0.29) is 24.5 Å². The van der Waals surface area contributed by atoms with E-state index in [2.05, 4.69) is 69.3 Å². The van der Waals surface area contributed by atoms with Gasteiger partial charge in [0.25, 0.3) is 5.91 Å². The highest BCUT2D eigenvalue weighted by molar-refractivity contribution is 5.81. The van der Waals surface area contributed by atoms with Crippen molar-refractivity contribution in [3.05, 3.63) is 132 Å². The van der Waals surface area contributed by atoms with Crippen LogP contribution in [0, 0.1) is 0 Å². The molecule has 0 saturated heterocycles. The number of amides is 1. The van der Waals surface area contributed by atoms with Crippen LogP contribution in [0.5, 0.6) is 0 Å². The Balaban J connectivity index is 1.40. The molecule has 0 aliphatic heterocycles. The van der Waals surface area contributed by atoms with Crippen LogP contribution >= 0.6 is 0 Å². The molecule has 0 heterocycles. The minimum absolute atomic E-state index is 0.0593. The largest absolute Gasteiger partial charge is 0.461 e. The first-order valence-corrected chi connectivity index (χ1v) is 34.2. The van der Waals surface area contributed by atoms with Crippen molar-refractivity contribution in [3.63, 3.8) is 0 Å². The molecule has 0 N–H and O–H groups in total. The zero-order valence-electron chi connectivity index (χ0n) is 54.5. The maximum atomic E-state index is 14.4. The van der Waals surface area contributed by atoms with E-state index in [0.29, 0.717) is 112 Å². The average molecular weight is 1210 g/mol. The normalized spacial score (nSPS) is 12.1. The Kier molecular flexibility index (Phi) is 48.7. The summed E-state index contributed by atoms with van der Waals surface area (Å²) in [6.07, 6.45) is 36.1. The number of benzene rings is 3. The number of unbranched alkanes of at least 4 members (excludes halogenated alkanes) is 21. The van der Waals surface area contributed by atoms with Gasteiger partial charge >= 0.3 is 11.9 Å². The van der Waals surface area contributed by atoms with E-state index in [1.54, 1.807) is 0 Å². The Bertz CT molecular complexity index is 2010.